The minimum atomic E-state index is -0.597. The monoisotopic (exact) mass is 154 g/mol. The molecule has 2 atom stereocenters. The summed E-state index contributed by atoms with van der Waals surface area (Å²) in [4.78, 5) is 0. The van der Waals surface area contributed by atoms with Gasteiger partial charge in [0.2, 0.25) is 0 Å². The lowest BCUT2D eigenvalue weighted by molar-refractivity contribution is 0.256. The Labute approximate surface area is 66.8 Å². The molecule has 0 aromatic heterocycles. The van der Waals surface area contributed by atoms with E-state index in [4.69, 9.17) is 16.1 Å². The maximum Gasteiger partial charge on any atom is 0.104 e. The highest BCUT2D eigenvalue weighted by Gasteiger charge is 2.35. The third-order valence-corrected chi connectivity index (χ3v) is 2.41. The average molecular weight is 154 g/mol. The number of rotatable bonds is 2. The zero-order valence-electron chi connectivity index (χ0n) is 6.58. The first kappa shape index (κ1) is 8.51. The molecular formula is C8H14N2O. The van der Waals surface area contributed by atoms with Crippen molar-refractivity contribution in [2.75, 3.05) is 6.61 Å². The SMILES string of the molecule is N#CC1(N)CCC(CCO)C1. The summed E-state index contributed by atoms with van der Waals surface area (Å²) in [6.07, 6.45) is 3.32. The van der Waals surface area contributed by atoms with Crippen LogP contribution in [0.3, 0.4) is 0 Å². The van der Waals surface area contributed by atoms with E-state index in [0.29, 0.717) is 5.92 Å². The fourth-order valence-corrected chi connectivity index (χ4v) is 1.71. The Morgan fingerprint density at radius 2 is 2.45 bits per heavy atom. The van der Waals surface area contributed by atoms with Crippen LogP contribution in [0, 0.1) is 17.2 Å². The van der Waals surface area contributed by atoms with Crippen LogP contribution in [0.5, 0.6) is 0 Å². The summed E-state index contributed by atoms with van der Waals surface area (Å²) in [5.74, 6) is 0.463. The molecule has 1 aliphatic rings. The molecule has 0 aromatic rings. The standard InChI is InChI=1S/C8H14N2O/c9-6-8(10)3-1-7(5-8)2-4-11/h7,11H,1-5,10H2. The molecule has 0 heterocycles. The van der Waals surface area contributed by atoms with Crippen molar-refractivity contribution in [3.63, 3.8) is 0 Å². The summed E-state index contributed by atoms with van der Waals surface area (Å²) in [6, 6.07) is 2.12. The molecule has 0 bridgehead atoms. The fraction of sp³-hybridized carbons (Fsp3) is 0.875. The molecule has 1 rings (SSSR count). The summed E-state index contributed by atoms with van der Waals surface area (Å²) in [5, 5.41) is 17.3. The van der Waals surface area contributed by atoms with E-state index < -0.39 is 5.54 Å². The van der Waals surface area contributed by atoms with Gasteiger partial charge in [-0.1, -0.05) is 0 Å². The number of nitrogens with two attached hydrogens (primary N) is 1. The maximum atomic E-state index is 8.67. The number of nitrogens with zero attached hydrogens (tertiary/aromatic N) is 1. The lowest BCUT2D eigenvalue weighted by Crippen LogP contribution is -2.34. The molecule has 0 spiro atoms. The van der Waals surface area contributed by atoms with E-state index in [1.54, 1.807) is 0 Å². The van der Waals surface area contributed by atoms with Crippen LogP contribution in [0.1, 0.15) is 25.7 Å². The van der Waals surface area contributed by atoms with Crippen LogP contribution < -0.4 is 5.73 Å². The van der Waals surface area contributed by atoms with Crippen LogP contribution >= 0.6 is 0 Å². The van der Waals surface area contributed by atoms with Crippen molar-refractivity contribution >= 4 is 0 Å². The van der Waals surface area contributed by atoms with Gasteiger partial charge in [-0.05, 0) is 31.6 Å². The molecule has 0 aromatic carbocycles. The Morgan fingerprint density at radius 1 is 1.73 bits per heavy atom. The summed E-state index contributed by atoms with van der Waals surface area (Å²) in [6.45, 7) is 0.214. The quantitative estimate of drug-likeness (QED) is 0.604. The number of nitriles is 1. The van der Waals surface area contributed by atoms with Crippen molar-refractivity contribution in [1.82, 2.24) is 0 Å². The van der Waals surface area contributed by atoms with Crippen LogP contribution in [0.15, 0.2) is 0 Å². The fourth-order valence-electron chi connectivity index (χ4n) is 1.71. The van der Waals surface area contributed by atoms with Gasteiger partial charge in [0.05, 0.1) is 6.07 Å². The molecule has 1 saturated carbocycles. The first-order valence-electron chi connectivity index (χ1n) is 4.01. The molecule has 0 radical (unpaired) electrons. The van der Waals surface area contributed by atoms with Gasteiger partial charge in [0.15, 0.2) is 0 Å². The highest BCUT2D eigenvalue weighted by Crippen LogP contribution is 2.33. The molecule has 0 aliphatic heterocycles. The van der Waals surface area contributed by atoms with Crippen LogP contribution in [0.25, 0.3) is 0 Å². The molecule has 11 heavy (non-hydrogen) atoms. The molecule has 3 heteroatoms. The molecule has 0 amide bonds. The highest BCUT2D eigenvalue weighted by atomic mass is 16.3. The van der Waals surface area contributed by atoms with Crippen molar-refractivity contribution in [3.8, 4) is 6.07 Å². The number of hydrogen-bond acceptors (Lipinski definition) is 3. The Kier molecular flexibility index (Phi) is 2.48. The van der Waals surface area contributed by atoms with Gasteiger partial charge in [-0.3, -0.25) is 0 Å². The number of aliphatic hydroxyl groups excluding tert-OH is 1. The molecule has 3 nitrogen and oxygen atoms in total. The minimum absolute atomic E-state index is 0.214. The average Bonchev–Trinajstić information content (AvgIpc) is 2.35. The van der Waals surface area contributed by atoms with Gasteiger partial charge >= 0.3 is 0 Å². The van der Waals surface area contributed by atoms with E-state index in [-0.39, 0.29) is 6.61 Å². The van der Waals surface area contributed by atoms with E-state index in [9.17, 15) is 0 Å². The minimum Gasteiger partial charge on any atom is -0.396 e. The Balaban J connectivity index is 2.41. The zero-order chi connectivity index (χ0) is 8.32. The molecule has 62 valence electrons. The Bertz CT molecular complexity index is 175. The van der Waals surface area contributed by atoms with Gasteiger partial charge in [-0.15, -0.1) is 0 Å². The zero-order valence-corrected chi connectivity index (χ0v) is 6.58. The largest absolute Gasteiger partial charge is 0.396 e. The second-order valence-corrected chi connectivity index (χ2v) is 3.39. The first-order chi connectivity index (χ1) is 5.20. The predicted molar refractivity (Wildman–Crippen MR) is 41.6 cm³/mol. The summed E-state index contributed by atoms with van der Waals surface area (Å²) in [5.41, 5.74) is 5.14. The number of aliphatic hydroxyl groups is 1. The van der Waals surface area contributed by atoms with E-state index >= 15 is 0 Å². The summed E-state index contributed by atoms with van der Waals surface area (Å²) in [7, 11) is 0. The highest BCUT2D eigenvalue weighted by molar-refractivity contribution is 5.09. The van der Waals surface area contributed by atoms with Crippen LogP contribution in [-0.4, -0.2) is 17.3 Å². The van der Waals surface area contributed by atoms with E-state index in [2.05, 4.69) is 6.07 Å². The lowest BCUT2D eigenvalue weighted by Gasteiger charge is -2.13. The van der Waals surface area contributed by atoms with Crippen molar-refractivity contribution < 1.29 is 5.11 Å². The molecule has 1 aliphatic carbocycles. The van der Waals surface area contributed by atoms with Crippen LogP contribution in [0.4, 0.5) is 0 Å². The Morgan fingerprint density at radius 3 is 2.91 bits per heavy atom. The van der Waals surface area contributed by atoms with Gasteiger partial charge in [0.1, 0.15) is 5.54 Å². The van der Waals surface area contributed by atoms with Gasteiger partial charge in [-0.2, -0.15) is 5.26 Å². The third-order valence-electron chi connectivity index (χ3n) is 2.41. The van der Waals surface area contributed by atoms with Crippen molar-refractivity contribution in [2.45, 2.75) is 31.2 Å². The van der Waals surface area contributed by atoms with Crippen LogP contribution in [0.2, 0.25) is 0 Å². The van der Waals surface area contributed by atoms with E-state index in [1.807, 2.05) is 0 Å². The van der Waals surface area contributed by atoms with Crippen LogP contribution in [-0.2, 0) is 0 Å². The van der Waals surface area contributed by atoms with Gasteiger partial charge in [0.25, 0.3) is 0 Å². The van der Waals surface area contributed by atoms with Gasteiger partial charge in [-0.25, -0.2) is 0 Å². The van der Waals surface area contributed by atoms with Crippen molar-refractivity contribution in [2.24, 2.45) is 11.7 Å². The second-order valence-electron chi connectivity index (χ2n) is 3.39. The van der Waals surface area contributed by atoms with Gasteiger partial charge < -0.3 is 10.8 Å². The molecule has 0 saturated heterocycles. The molecule has 2 unspecified atom stereocenters. The second kappa shape index (κ2) is 3.21. The van der Waals surface area contributed by atoms with Crippen molar-refractivity contribution in [1.29, 1.82) is 5.26 Å². The Hall–Kier alpha value is -0.590. The predicted octanol–water partition coefficient (Wildman–Crippen LogP) is 0.390. The molecule has 1 fully saturated rings. The molecular weight excluding hydrogens is 140 g/mol. The number of hydrogen-bond donors (Lipinski definition) is 2. The van der Waals surface area contributed by atoms with Gasteiger partial charge in [0, 0.05) is 6.61 Å². The normalized spacial score (nSPS) is 37.0. The molecule has 3 N–H and O–H groups in total. The van der Waals surface area contributed by atoms with E-state index in [0.717, 1.165) is 25.7 Å². The van der Waals surface area contributed by atoms with Crippen molar-refractivity contribution in [3.05, 3.63) is 0 Å². The topological polar surface area (TPSA) is 70.0 Å². The smallest absolute Gasteiger partial charge is 0.104 e. The third kappa shape index (κ3) is 1.92. The summed E-state index contributed by atoms with van der Waals surface area (Å²) < 4.78 is 0. The maximum absolute atomic E-state index is 8.67. The van der Waals surface area contributed by atoms with E-state index in [1.165, 1.54) is 0 Å². The lowest BCUT2D eigenvalue weighted by atomic mass is 9.98. The first-order valence-corrected chi connectivity index (χ1v) is 4.01. The summed E-state index contributed by atoms with van der Waals surface area (Å²) >= 11 is 0.